The van der Waals surface area contributed by atoms with Crippen molar-refractivity contribution in [2.75, 3.05) is 13.2 Å². The Morgan fingerprint density at radius 3 is 2.21 bits per heavy atom. The topological polar surface area (TPSA) is 180 Å². The lowest BCUT2D eigenvalue weighted by Crippen LogP contribution is -2.58. The maximum Gasteiger partial charge on any atom is 0.303 e. The minimum atomic E-state index is -0.990. The van der Waals surface area contributed by atoms with Crippen LogP contribution in [-0.4, -0.2) is 75.2 Å². The number of carbonyl (C=O) groups excluding carboxylic acids is 3. The highest BCUT2D eigenvalue weighted by Crippen LogP contribution is 2.27. The molecule has 39 heavy (non-hydrogen) atoms. The number of carbonyl (C=O) groups is 4. The van der Waals surface area contributed by atoms with Gasteiger partial charge in [0, 0.05) is 25.8 Å². The van der Waals surface area contributed by atoms with Crippen molar-refractivity contribution in [2.45, 2.75) is 89.9 Å². The zero-order chi connectivity index (χ0) is 29.2. The first kappa shape index (κ1) is 31.7. The molecule has 3 amide bonds. The van der Waals surface area contributed by atoms with Gasteiger partial charge < -0.3 is 30.9 Å². The van der Waals surface area contributed by atoms with Crippen molar-refractivity contribution in [1.82, 2.24) is 15.5 Å². The SMILES string of the molecule is CC(C)(C)C(NC(=O)CCCCCCC(=O)O)C(=O)N1C[C@H](O)C[C@H]1C(=O)NC(CO)c1ccc(C#N)cc1. The number of carboxylic acids is 1. The Hall–Kier alpha value is -3.49. The van der Waals surface area contributed by atoms with E-state index < -0.39 is 54.0 Å². The summed E-state index contributed by atoms with van der Waals surface area (Å²) in [5.41, 5.74) is 0.341. The Balaban J connectivity index is 2.06. The zero-order valence-corrected chi connectivity index (χ0v) is 22.9. The summed E-state index contributed by atoms with van der Waals surface area (Å²) in [6, 6.07) is 5.72. The van der Waals surface area contributed by atoms with Crippen LogP contribution in [-0.2, 0) is 19.2 Å². The monoisotopic (exact) mass is 544 g/mol. The van der Waals surface area contributed by atoms with Crippen LogP contribution in [0.1, 0.15) is 82.9 Å². The third-order valence-electron chi connectivity index (χ3n) is 6.77. The summed E-state index contributed by atoms with van der Waals surface area (Å²) in [6.45, 7) is 4.93. The Morgan fingerprint density at radius 1 is 1.05 bits per heavy atom. The number of rotatable bonds is 13. The van der Waals surface area contributed by atoms with Crippen molar-refractivity contribution in [3.63, 3.8) is 0 Å². The number of aliphatic carboxylic acids is 1. The predicted molar refractivity (Wildman–Crippen MR) is 142 cm³/mol. The summed E-state index contributed by atoms with van der Waals surface area (Å²) in [5.74, 6) is -2.18. The van der Waals surface area contributed by atoms with Gasteiger partial charge in [0.05, 0.1) is 30.4 Å². The van der Waals surface area contributed by atoms with Gasteiger partial charge in [-0.05, 0) is 36.0 Å². The molecule has 5 N–H and O–H groups in total. The minimum absolute atomic E-state index is 0.0181. The van der Waals surface area contributed by atoms with Gasteiger partial charge >= 0.3 is 5.97 Å². The maximum atomic E-state index is 13.6. The van der Waals surface area contributed by atoms with Gasteiger partial charge in [0.1, 0.15) is 12.1 Å². The first-order valence-electron chi connectivity index (χ1n) is 13.3. The number of β-amino-alcohol motifs (C(OH)–C–C–N with tert-alkyl or cyclic N) is 1. The van der Waals surface area contributed by atoms with Crippen molar-refractivity contribution in [2.24, 2.45) is 5.41 Å². The molecular weight excluding hydrogens is 504 g/mol. The predicted octanol–water partition coefficient (Wildman–Crippen LogP) is 1.63. The van der Waals surface area contributed by atoms with Gasteiger partial charge in [0.2, 0.25) is 17.7 Å². The molecule has 2 unspecified atom stereocenters. The maximum absolute atomic E-state index is 13.6. The van der Waals surface area contributed by atoms with E-state index in [1.807, 2.05) is 6.07 Å². The van der Waals surface area contributed by atoms with Crippen LogP contribution in [0.25, 0.3) is 0 Å². The lowest BCUT2D eigenvalue weighted by Gasteiger charge is -2.35. The fraction of sp³-hybridized carbons (Fsp3) is 0.607. The number of hydrogen-bond acceptors (Lipinski definition) is 7. The molecule has 0 bridgehead atoms. The van der Waals surface area contributed by atoms with Crippen molar-refractivity contribution in [1.29, 1.82) is 5.26 Å². The second-order valence-electron chi connectivity index (χ2n) is 11.0. The minimum Gasteiger partial charge on any atom is -0.481 e. The van der Waals surface area contributed by atoms with Gasteiger partial charge in [0.15, 0.2) is 0 Å². The van der Waals surface area contributed by atoms with Crippen molar-refractivity contribution < 1.29 is 34.5 Å². The molecule has 1 fully saturated rings. The molecule has 11 nitrogen and oxygen atoms in total. The van der Waals surface area contributed by atoms with Crippen LogP contribution >= 0.6 is 0 Å². The van der Waals surface area contributed by atoms with Gasteiger partial charge in [-0.25, -0.2) is 0 Å². The third-order valence-corrected chi connectivity index (χ3v) is 6.77. The fourth-order valence-corrected chi connectivity index (χ4v) is 4.56. The quantitative estimate of drug-likeness (QED) is 0.232. The third kappa shape index (κ3) is 9.64. The molecule has 0 aromatic heterocycles. The summed E-state index contributed by atoms with van der Waals surface area (Å²) < 4.78 is 0. The molecule has 1 aromatic carbocycles. The number of likely N-dealkylation sites (tertiary alicyclic amines) is 1. The highest BCUT2D eigenvalue weighted by Gasteiger charge is 2.44. The van der Waals surface area contributed by atoms with Crippen LogP contribution in [0.3, 0.4) is 0 Å². The van der Waals surface area contributed by atoms with Gasteiger partial charge in [-0.1, -0.05) is 45.7 Å². The van der Waals surface area contributed by atoms with Crippen molar-refractivity contribution in [3.05, 3.63) is 35.4 Å². The van der Waals surface area contributed by atoms with E-state index in [2.05, 4.69) is 10.6 Å². The number of aliphatic hydroxyl groups excluding tert-OH is 2. The highest BCUT2D eigenvalue weighted by molar-refractivity contribution is 5.93. The molecule has 1 aliphatic rings. The molecule has 2 rings (SSSR count). The number of nitrogens with one attached hydrogen (secondary N) is 2. The van der Waals surface area contributed by atoms with Crippen LogP contribution in [0.5, 0.6) is 0 Å². The molecule has 11 heteroatoms. The zero-order valence-electron chi connectivity index (χ0n) is 22.9. The van der Waals surface area contributed by atoms with E-state index in [0.29, 0.717) is 36.8 Å². The summed E-state index contributed by atoms with van der Waals surface area (Å²) >= 11 is 0. The van der Waals surface area contributed by atoms with Crippen LogP contribution in [0.15, 0.2) is 24.3 Å². The molecule has 0 radical (unpaired) electrons. The Morgan fingerprint density at radius 2 is 1.67 bits per heavy atom. The van der Waals surface area contributed by atoms with E-state index >= 15 is 0 Å². The van der Waals surface area contributed by atoms with Gasteiger partial charge in [-0.2, -0.15) is 5.26 Å². The highest BCUT2D eigenvalue weighted by atomic mass is 16.4. The molecule has 1 saturated heterocycles. The Bertz CT molecular complexity index is 1050. The number of benzene rings is 1. The van der Waals surface area contributed by atoms with Crippen LogP contribution < -0.4 is 10.6 Å². The van der Waals surface area contributed by atoms with E-state index in [1.165, 1.54) is 4.90 Å². The Labute approximate surface area is 229 Å². The lowest BCUT2D eigenvalue weighted by molar-refractivity contribution is -0.144. The number of nitriles is 1. The molecular formula is C28H40N4O7. The molecule has 4 atom stereocenters. The van der Waals surface area contributed by atoms with E-state index in [1.54, 1.807) is 45.0 Å². The van der Waals surface area contributed by atoms with Gasteiger partial charge in [-0.3, -0.25) is 19.2 Å². The molecule has 1 aromatic rings. The van der Waals surface area contributed by atoms with Crippen molar-refractivity contribution in [3.8, 4) is 6.07 Å². The van der Waals surface area contributed by atoms with Crippen LogP contribution in [0, 0.1) is 16.7 Å². The van der Waals surface area contributed by atoms with E-state index in [-0.39, 0.29) is 31.7 Å². The summed E-state index contributed by atoms with van der Waals surface area (Å²) in [6.07, 6.45) is 1.86. The molecule has 214 valence electrons. The van der Waals surface area contributed by atoms with Crippen molar-refractivity contribution >= 4 is 23.7 Å². The fourth-order valence-electron chi connectivity index (χ4n) is 4.56. The summed E-state index contributed by atoms with van der Waals surface area (Å²) in [5, 5.41) is 43.5. The van der Waals surface area contributed by atoms with Gasteiger partial charge in [-0.15, -0.1) is 0 Å². The molecule has 0 aliphatic carbocycles. The molecule has 1 heterocycles. The first-order valence-corrected chi connectivity index (χ1v) is 13.3. The average molecular weight is 545 g/mol. The number of carboxylic acid groups (broad SMARTS) is 1. The largest absolute Gasteiger partial charge is 0.481 e. The number of hydrogen-bond donors (Lipinski definition) is 5. The first-order chi connectivity index (χ1) is 18.4. The average Bonchev–Trinajstić information content (AvgIpc) is 3.28. The molecule has 0 saturated carbocycles. The number of unbranched alkanes of at least 4 members (excludes halogenated alkanes) is 3. The normalized spacial score (nSPS) is 18.6. The number of amides is 3. The molecule has 1 aliphatic heterocycles. The smallest absolute Gasteiger partial charge is 0.303 e. The summed E-state index contributed by atoms with van der Waals surface area (Å²) in [4.78, 5) is 51.4. The van der Waals surface area contributed by atoms with E-state index in [4.69, 9.17) is 10.4 Å². The number of aliphatic hydroxyl groups is 2. The van der Waals surface area contributed by atoms with Crippen LogP contribution in [0.2, 0.25) is 0 Å². The summed E-state index contributed by atoms with van der Waals surface area (Å²) in [7, 11) is 0. The molecule has 0 spiro atoms. The lowest BCUT2D eigenvalue weighted by atomic mass is 9.85. The number of nitrogens with zero attached hydrogens (tertiary/aromatic N) is 2. The second-order valence-corrected chi connectivity index (χ2v) is 11.0. The standard InChI is InChI=1S/C28H40N4O7/c1-28(2,3)25(31-23(35)8-6-4-5-7-9-24(36)37)27(39)32-16-20(34)14-22(32)26(38)30-21(17-33)19-12-10-18(15-29)11-13-19/h10-13,20-22,25,33-34H,4-9,14,16-17H2,1-3H3,(H,30,38)(H,31,35)(H,36,37)/t20-,21?,22+,25?/m1/s1. The van der Waals surface area contributed by atoms with E-state index in [9.17, 15) is 29.4 Å². The van der Waals surface area contributed by atoms with E-state index in [0.717, 1.165) is 0 Å². The Kier molecular flexibility index (Phi) is 11.9. The van der Waals surface area contributed by atoms with Gasteiger partial charge in [0.25, 0.3) is 0 Å². The van der Waals surface area contributed by atoms with Crippen LogP contribution in [0.4, 0.5) is 0 Å². The second kappa shape index (κ2) is 14.6.